The van der Waals surface area contributed by atoms with Gasteiger partial charge in [-0.3, -0.25) is 14.4 Å². The maximum absolute atomic E-state index is 12.9. The number of carbonyl (C=O) groups excluding carboxylic acids is 1. The number of aliphatic carboxylic acids is 2. The largest absolute Gasteiger partial charge is 0.490 e. The summed E-state index contributed by atoms with van der Waals surface area (Å²) in [6, 6.07) is 4.29. The Hall–Kier alpha value is -3.18. The third kappa shape index (κ3) is 9.50. The third-order valence-corrected chi connectivity index (χ3v) is 6.62. The predicted octanol–water partition coefficient (Wildman–Crippen LogP) is 2.69. The highest BCUT2D eigenvalue weighted by molar-refractivity contribution is 7.09. The third-order valence-electron chi connectivity index (χ3n) is 5.76. The Morgan fingerprint density at radius 3 is 1.95 bits per heavy atom. The summed E-state index contributed by atoms with van der Waals surface area (Å²) in [7, 11) is 4.07. The Morgan fingerprint density at radius 1 is 0.949 bits per heavy atom. The number of carbonyl (C=O) groups is 3. The smallest absolute Gasteiger partial charge is 0.475 e. The number of aryl methyl sites for hydroxylation is 1. The number of rotatable bonds is 3. The summed E-state index contributed by atoms with van der Waals surface area (Å²) >= 11 is 1.80. The molecule has 0 saturated carbocycles. The minimum Gasteiger partial charge on any atom is -0.475 e. The number of hydrogen-bond donors (Lipinski definition) is 2. The molecule has 2 N–H and O–H groups in total. The summed E-state index contributed by atoms with van der Waals surface area (Å²) in [4.78, 5) is 38.8. The van der Waals surface area contributed by atoms with Crippen molar-refractivity contribution in [3.05, 3.63) is 39.3 Å². The molecule has 2 aliphatic heterocycles. The van der Waals surface area contributed by atoms with Crippen molar-refractivity contribution < 1.29 is 50.9 Å². The summed E-state index contributed by atoms with van der Waals surface area (Å²) in [5, 5.41) is 21.0. The van der Waals surface area contributed by atoms with Crippen LogP contribution in [0, 0.1) is 0 Å². The highest BCUT2D eigenvalue weighted by Gasteiger charge is 2.39. The van der Waals surface area contributed by atoms with E-state index in [-0.39, 0.29) is 5.91 Å². The molecule has 2 aliphatic rings. The van der Waals surface area contributed by atoms with Crippen molar-refractivity contribution in [3.8, 4) is 0 Å². The predicted molar refractivity (Wildman–Crippen MR) is 126 cm³/mol. The standard InChI is InChI=1S/C18H25N5OS.2C2HF3O2/c1-20-7-9-23(10-8-20)18(24)17-15-5-6-22(12-14-4-3-11-25-14)13-16(15)21(2)19-17;2*3-2(4,5)1(6)7/h3-4,11H,5-10,12-13H2,1-2H3;2*(H,6,7). The van der Waals surface area contributed by atoms with Crippen molar-refractivity contribution in [2.24, 2.45) is 7.05 Å². The molecule has 39 heavy (non-hydrogen) atoms. The Balaban J connectivity index is 0.000000317. The Labute approximate surface area is 223 Å². The lowest BCUT2D eigenvalue weighted by Gasteiger charge is -2.32. The van der Waals surface area contributed by atoms with Gasteiger partial charge >= 0.3 is 24.3 Å². The van der Waals surface area contributed by atoms with Crippen LogP contribution in [0.4, 0.5) is 26.3 Å². The molecule has 0 atom stereocenters. The van der Waals surface area contributed by atoms with Crippen LogP contribution in [0.15, 0.2) is 17.5 Å². The second kappa shape index (κ2) is 13.3. The molecule has 17 heteroatoms. The van der Waals surface area contributed by atoms with Crippen molar-refractivity contribution in [3.63, 3.8) is 0 Å². The average molecular weight is 588 g/mol. The van der Waals surface area contributed by atoms with Gasteiger partial charge in [-0.25, -0.2) is 9.59 Å². The van der Waals surface area contributed by atoms with Crippen molar-refractivity contribution in [1.29, 1.82) is 0 Å². The Kier molecular flexibility index (Phi) is 10.9. The first-order valence-electron chi connectivity index (χ1n) is 11.4. The van der Waals surface area contributed by atoms with E-state index in [0.717, 1.165) is 57.8 Å². The zero-order valence-corrected chi connectivity index (χ0v) is 21.7. The van der Waals surface area contributed by atoms with E-state index in [0.29, 0.717) is 5.69 Å². The van der Waals surface area contributed by atoms with E-state index >= 15 is 0 Å². The molecule has 218 valence electrons. The highest BCUT2D eigenvalue weighted by atomic mass is 32.1. The van der Waals surface area contributed by atoms with Crippen molar-refractivity contribution in [1.82, 2.24) is 24.5 Å². The van der Waals surface area contributed by atoms with Gasteiger partial charge in [0.2, 0.25) is 0 Å². The molecule has 0 radical (unpaired) electrons. The highest BCUT2D eigenvalue weighted by Crippen LogP contribution is 2.25. The fraction of sp³-hybridized carbons (Fsp3) is 0.545. The van der Waals surface area contributed by atoms with Crippen molar-refractivity contribution in [2.75, 3.05) is 39.8 Å². The number of likely N-dealkylation sites (N-methyl/N-ethyl adjacent to an activating group) is 1. The molecular weight excluding hydrogens is 560 g/mol. The van der Waals surface area contributed by atoms with E-state index in [2.05, 4.69) is 39.5 Å². The van der Waals surface area contributed by atoms with Crippen LogP contribution in [-0.2, 0) is 36.1 Å². The van der Waals surface area contributed by atoms with Crippen LogP contribution in [0.5, 0.6) is 0 Å². The first-order valence-corrected chi connectivity index (χ1v) is 12.3. The lowest BCUT2D eigenvalue weighted by Crippen LogP contribution is -2.47. The summed E-state index contributed by atoms with van der Waals surface area (Å²) in [6.07, 6.45) is -9.26. The second-order valence-electron chi connectivity index (χ2n) is 8.64. The van der Waals surface area contributed by atoms with Crippen LogP contribution >= 0.6 is 11.3 Å². The summed E-state index contributed by atoms with van der Waals surface area (Å²) in [5.41, 5.74) is 3.03. The number of thiophene rings is 1. The van der Waals surface area contributed by atoms with Gasteiger partial charge in [0.05, 0.1) is 5.69 Å². The van der Waals surface area contributed by atoms with E-state index in [9.17, 15) is 31.1 Å². The number of carboxylic acid groups (broad SMARTS) is 2. The number of halogens is 6. The molecule has 0 aromatic carbocycles. The summed E-state index contributed by atoms with van der Waals surface area (Å²) in [5.74, 6) is -5.41. The molecule has 0 spiro atoms. The second-order valence-corrected chi connectivity index (χ2v) is 9.67. The van der Waals surface area contributed by atoms with E-state index in [1.54, 1.807) is 11.3 Å². The van der Waals surface area contributed by atoms with E-state index < -0.39 is 24.3 Å². The monoisotopic (exact) mass is 587 g/mol. The average Bonchev–Trinajstić information content (AvgIpc) is 3.46. The molecule has 0 aliphatic carbocycles. The number of hydrogen-bond acceptors (Lipinski definition) is 7. The number of nitrogens with zero attached hydrogens (tertiary/aromatic N) is 5. The van der Waals surface area contributed by atoms with Gasteiger partial charge < -0.3 is 20.0 Å². The van der Waals surface area contributed by atoms with Crippen LogP contribution in [0.2, 0.25) is 0 Å². The van der Waals surface area contributed by atoms with Gasteiger partial charge in [0.1, 0.15) is 0 Å². The van der Waals surface area contributed by atoms with Crippen LogP contribution < -0.4 is 0 Å². The molecule has 2 aromatic heterocycles. The maximum atomic E-state index is 12.9. The minimum atomic E-state index is -5.08. The molecule has 1 amide bonds. The van der Waals surface area contributed by atoms with Gasteiger partial charge in [-0.15, -0.1) is 11.3 Å². The SMILES string of the molecule is CN1CCN(C(=O)c2nn(C)c3c2CCN(Cc2cccs2)C3)CC1.O=C(O)C(F)(F)F.O=C(O)C(F)(F)F. The molecule has 1 saturated heterocycles. The van der Waals surface area contributed by atoms with Crippen LogP contribution in [-0.4, -0.2) is 105 Å². The van der Waals surface area contributed by atoms with Crippen LogP contribution in [0.3, 0.4) is 0 Å². The molecule has 0 bridgehead atoms. The van der Waals surface area contributed by atoms with E-state index in [1.165, 1.54) is 10.6 Å². The minimum absolute atomic E-state index is 0.108. The van der Waals surface area contributed by atoms with Gasteiger partial charge in [-0.05, 0) is 24.9 Å². The molecule has 0 unspecified atom stereocenters. The molecule has 4 rings (SSSR count). The normalized spacial score (nSPS) is 16.4. The first-order chi connectivity index (χ1) is 18.0. The molecule has 2 aromatic rings. The van der Waals surface area contributed by atoms with E-state index in [4.69, 9.17) is 19.8 Å². The van der Waals surface area contributed by atoms with Gasteiger partial charge in [-0.1, -0.05) is 6.07 Å². The lowest BCUT2D eigenvalue weighted by atomic mass is 10.0. The van der Waals surface area contributed by atoms with E-state index in [1.807, 2.05) is 16.6 Å². The van der Waals surface area contributed by atoms with Crippen LogP contribution in [0.25, 0.3) is 0 Å². The number of alkyl halides is 6. The summed E-state index contributed by atoms with van der Waals surface area (Å²) < 4.78 is 65.4. The number of fused-ring (bicyclic) bond motifs is 1. The molecule has 4 heterocycles. The molecule has 1 fully saturated rings. The van der Waals surface area contributed by atoms with Gasteiger partial charge in [0, 0.05) is 63.3 Å². The summed E-state index contributed by atoms with van der Waals surface area (Å²) in [6.45, 7) is 6.30. The van der Waals surface area contributed by atoms with Gasteiger partial charge in [-0.2, -0.15) is 31.4 Å². The Bertz CT molecular complexity index is 1100. The maximum Gasteiger partial charge on any atom is 0.490 e. The quantitative estimate of drug-likeness (QED) is 0.527. The zero-order valence-electron chi connectivity index (χ0n) is 20.9. The van der Waals surface area contributed by atoms with Gasteiger partial charge in [0.15, 0.2) is 5.69 Å². The molecule has 10 nitrogen and oxygen atoms in total. The number of amides is 1. The first kappa shape index (κ1) is 32.0. The number of piperazine rings is 1. The Morgan fingerprint density at radius 2 is 1.49 bits per heavy atom. The zero-order chi connectivity index (χ0) is 29.5. The van der Waals surface area contributed by atoms with Crippen LogP contribution in [0.1, 0.15) is 26.6 Å². The fourth-order valence-corrected chi connectivity index (χ4v) is 4.46. The van der Waals surface area contributed by atoms with Gasteiger partial charge in [0.25, 0.3) is 5.91 Å². The molecular formula is C22H27F6N5O5S. The van der Waals surface area contributed by atoms with Crippen molar-refractivity contribution >= 4 is 29.2 Å². The number of carboxylic acids is 2. The van der Waals surface area contributed by atoms with Crippen molar-refractivity contribution in [2.45, 2.75) is 31.9 Å². The number of aromatic nitrogens is 2. The lowest BCUT2D eigenvalue weighted by molar-refractivity contribution is -0.193. The topological polar surface area (TPSA) is 119 Å². The fourth-order valence-electron chi connectivity index (χ4n) is 3.71.